The van der Waals surface area contributed by atoms with Gasteiger partial charge in [-0.2, -0.15) is 0 Å². The minimum atomic E-state index is -0.116. The number of hydrogen-bond acceptors (Lipinski definition) is 5. The van der Waals surface area contributed by atoms with Gasteiger partial charge in [-0.05, 0) is 31.0 Å². The van der Waals surface area contributed by atoms with E-state index in [-0.39, 0.29) is 6.04 Å². The number of benzene rings is 1. The molecule has 0 fully saturated rings. The zero-order valence-corrected chi connectivity index (χ0v) is 13.0. The van der Waals surface area contributed by atoms with Crippen LogP contribution in [0.15, 0.2) is 24.3 Å². The van der Waals surface area contributed by atoms with Gasteiger partial charge in [-0.1, -0.05) is 12.1 Å². The summed E-state index contributed by atoms with van der Waals surface area (Å²) < 4.78 is 21.2. The van der Waals surface area contributed by atoms with Crippen LogP contribution in [0.5, 0.6) is 5.75 Å². The van der Waals surface area contributed by atoms with Crippen molar-refractivity contribution in [3.05, 3.63) is 29.8 Å². The van der Waals surface area contributed by atoms with Gasteiger partial charge in [-0.3, -0.25) is 0 Å². The Kier molecular flexibility index (Phi) is 9.82. The van der Waals surface area contributed by atoms with Gasteiger partial charge in [-0.25, -0.2) is 0 Å². The van der Waals surface area contributed by atoms with Crippen molar-refractivity contribution >= 4 is 0 Å². The molecule has 0 aliphatic rings. The number of ether oxygens (including phenoxy) is 4. The molecule has 0 amide bonds. The second-order valence-corrected chi connectivity index (χ2v) is 4.64. The predicted octanol–water partition coefficient (Wildman–Crippen LogP) is 2.15. The summed E-state index contributed by atoms with van der Waals surface area (Å²) in [6.45, 7) is 5.73. The Labute approximate surface area is 127 Å². The summed E-state index contributed by atoms with van der Waals surface area (Å²) in [5.74, 6) is 0.863. The number of methoxy groups -OCH3 is 1. The van der Waals surface area contributed by atoms with Crippen molar-refractivity contribution in [1.29, 1.82) is 0 Å². The molecule has 5 heteroatoms. The fourth-order valence-electron chi connectivity index (χ4n) is 1.79. The molecule has 1 rings (SSSR count). The zero-order valence-electron chi connectivity index (χ0n) is 13.0. The molecule has 0 aromatic heterocycles. The Hall–Kier alpha value is -1.14. The molecule has 0 spiro atoms. The summed E-state index contributed by atoms with van der Waals surface area (Å²) in [6, 6.07) is 7.71. The van der Waals surface area contributed by atoms with E-state index in [1.807, 2.05) is 31.2 Å². The van der Waals surface area contributed by atoms with Gasteiger partial charge in [-0.15, -0.1) is 0 Å². The first-order valence-corrected chi connectivity index (χ1v) is 7.40. The molecular formula is C16H27NO4. The standard InChI is InChI=1S/C16H27NO4/c1-3-21-15-7-5-14(6-8-15)16(17)13-20-10-4-9-19-12-11-18-2/h5-8,16H,3-4,9-13,17H2,1-2H3. The molecule has 1 atom stereocenters. The van der Waals surface area contributed by atoms with Gasteiger partial charge < -0.3 is 24.7 Å². The van der Waals surface area contributed by atoms with Crippen LogP contribution >= 0.6 is 0 Å². The first-order chi connectivity index (χ1) is 10.3. The van der Waals surface area contributed by atoms with Gasteiger partial charge >= 0.3 is 0 Å². The Balaban J connectivity index is 2.11. The first-order valence-electron chi connectivity index (χ1n) is 7.40. The van der Waals surface area contributed by atoms with Crippen LogP contribution in [0, 0.1) is 0 Å². The van der Waals surface area contributed by atoms with E-state index < -0.39 is 0 Å². The van der Waals surface area contributed by atoms with Crippen molar-refractivity contribution in [2.24, 2.45) is 5.73 Å². The SMILES string of the molecule is CCOc1ccc(C(N)COCCCOCCOC)cc1. The Morgan fingerprint density at radius 2 is 1.71 bits per heavy atom. The van der Waals surface area contributed by atoms with Gasteiger partial charge in [0.05, 0.1) is 32.5 Å². The van der Waals surface area contributed by atoms with Crippen molar-refractivity contribution in [3.8, 4) is 5.75 Å². The van der Waals surface area contributed by atoms with Crippen LogP contribution in [0.4, 0.5) is 0 Å². The second-order valence-electron chi connectivity index (χ2n) is 4.64. The number of rotatable bonds is 12. The topological polar surface area (TPSA) is 62.9 Å². The van der Waals surface area contributed by atoms with Crippen LogP contribution in [0.3, 0.4) is 0 Å². The van der Waals surface area contributed by atoms with Crippen molar-refractivity contribution in [3.63, 3.8) is 0 Å². The van der Waals surface area contributed by atoms with Crippen LogP contribution < -0.4 is 10.5 Å². The summed E-state index contributed by atoms with van der Waals surface area (Å²) in [5, 5.41) is 0. The second kappa shape index (κ2) is 11.5. The van der Waals surface area contributed by atoms with Gasteiger partial charge in [0.15, 0.2) is 0 Å². The Morgan fingerprint density at radius 1 is 1.00 bits per heavy atom. The molecule has 0 bridgehead atoms. The maximum atomic E-state index is 6.09. The highest BCUT2D eigenvalue weighted by molar-refractivity contribution is 5.29. The molecule has 21 heavy (non-hydrogen) atoms. The molecular weight excluding hydrogens is 270 g/mol. The van der Waals surface area contributed by atoms with E-state index in [2.05, 4.69) is 0 Å². The van der Waals surface area contributed by atoms with Crippen molar-refractivity contribution in [2.75, 3.05) is 46.8 Å². The Bertz CT molecular complexity index is 356. The largest absolute Gasteiger partial charge is 0.494 e. The monoisotopic (exact) mass is 297 g/mol. The third-order valence-electron chi connectivity index (χ3n) is 2.93. The van der Waals surface area contributed by atoms with Crippen molar-refractivity contribution < 1.29 is 18.9 Å². The maximum absolute atomic E-state index is 6.09. The molecule has 5 nitrogen and oxygen atoms in total. The molecule has 2 N–H and O–H groups in total. The van der Waals surface area contributed by atoms with Gasteiger partial charge in [0.1, 0.15) is 5.75 Å². The van der Waals surface area contributed by atoms with Crippen molar-refractivity contribution in [1.82, 2.24) is 0 Å². The van der Waals surface area contributed by atoms with E-state index in [4.69, 9.17) is 24.7 Å². The summed E-state index contributed by atoms with van der Waals surface area (Å²) in [4.78, 5) is 0. The van der Waals surface area contributed by atoms with E-state index in [1.54, 1.807) is 7.11 Å². The van der Waals surface area contributed by atoms with Gasteiger partial charge in [0, 0.05) is 20.3 Å². The molecule has 120 valence electrons. The smallest absolute Gasteiger partial charge is 0.119 e. The minimum Gasteiger partial charge on any atom is -0.494 e. The average molecular weight is 297 g/mol. The first kappa shape index (κ1) is 17.9. The van der Waals surface area contributed by atoms with Gasteiger partial charge in [0.25, 0.3) is 0 Å². The molecule has 1 aromatic rings. The molecule has 0 saturated carbocycles. The van der Waals surface area contributed by atoms with Crippen LogP contribution in [-0.4, -0.2) is 46.8 Å². The van der Waals surface area contributed by atoms with Crippen LogP contribution in [0.25, 0.3) is 0 Å². The zero-order chi connectivity index (χ0) is 15.3. The van der Waals surface area contributed by atoms with E-state index >= 15 is 0 Å². The lowest BCUT2D eigenvalue weighted by Gasteiger charge is -2.13. The predicted molar refractivity (Wildman–Crippen MR) is 82.7 cm³/mol. The van der Waals surface area contributed by atoms with Crippen molar-refractivity contribution in [2.45, 2.75) is 19.4 Å². The lowest BCUT2D eigenvalue weighted by atomic mass is 10.1. The number of nitrogens with two attached hydrogens (primary N) is 1. The quantitative estimate of drug-likeness (QED) is 0.599. The highest BCUT2D eigenvalue weighted by Crippen LogP contribution is 2.16. The maximum Gasteiger partial charge on any atom is 0.119 e. The molecule has 0 radical (unpaired) electrons. The fourth-order valence-corrected chi connectivity index (χ4v) is 1.79. The molecule has 0 aliphatic carbocycles. The van der Waals surface area contributed by atoms with Crippen LogP contribution in [-0.2, 0) is 14.2 Å². The fraction of sp³-hybridized carbons (Fsp3) is 0.625. The summed E-state index contributed by atoms with van der Waals surface area (Å²) >= 11 is 0. The summed E-state index contributed by atoms with van der Waals surface area (Å²) in [6.07, 6.45) is 0.861. The molecule has 0 aliphatic heterocycles. The highest BCUT2D eigenvalue weighted by Gasteiger charge is 2.06. The highest BCUT2D eigenvalue weighted by atomic mass is 16.5. The van der Waals surface area contributed by atoms with Crippen LogP contribution in [0.2, 0.25) is 0 Å². The lowest BCUT2D eigenvalue weighted by Crippen LogP contribution is -2.18. The third kappa shape index (κ3) is 8.02. The molecule has 0 saturated heterocycles. The molecule has 1 unspecified atom stereocenters. The summed E-state index contributed by atoms with van der Waals surface area (Å²) in [7, 11) is 1.66. The third-order valence-corrected chi connectivity index (χ3v) is 2.93. The van der Waals surface area contributed by atoms with Gasteiger partial charge in [0.2, 0.25) is 0 Å². The normalized spacial score (nSPS) is 12.3. The van der Waals surface area contributed by atoms with Crippen LogP contribution in [0.1, 0.15) is 24.9 Å². The van der Waals surface area contributed by atoms with E-state index in [9.17, 15) is 0 Å². The summed E-state index contributed by atoms with van der Waals surface area (Å²) in [5.41, 5.74) is 7.14. The number of hydrogen-bond donors (Lipinski definition) is 1. The van der Waals surface area contributed by atoms with E-state index in [0.29, 0.717) is 39.6 Å². The molecule has 0 heterocycles. The lowest BCUT2D eigenvalue weighted by molar-refractivity contribution is 0.0492. The van der Waals surface area contributed by atoms with E-state index in [1.165, 1.54) is 0 Å². The minimum absolute atomic E-state index is 0.116. The Morgan fingerprint density at radius 3 is 2.38 bits per heavy atom. The molecule has 1 aromatic carbocycles. The average Bonchev–Trinajstić information content (AvgIpc) is 2.51. The van der Waals surface area contributed by atoms with E-state index in [0.717, 1.165) is 17.7 Å².